The third kappa shape index (κ3) is 2.02. The van der Waals surface area contributed by atoms with Crippen molar-refractivity contribution in [2.24, 2.45) is 0 Å². The topological polar surface area (TPSA) is 49.4 Å². The second kappa shape index (κ2) is 3.77. The molecule has 1 aliphatic heterocycles. The minimum atomic E-state index is -3.32. The minimum Gasteiger partial charge on any atom is -0.255 e. The normalized spacial score (nSPS) is 19.5. The van der Waals surface area contributed by atoms with Crippen LogP contribution in [-0.2, 0) is 10.2 Å². The van der Waals surface area contributed by atoms with Gasteiger partial charge in [0.1, 0.15) is 0 Å². The number of rotatable bonds is 1. The smallest absolute Gasteiger partial charge is 0.255 e. The third-order valence-corrected chi connectivity index (χ3v) is 4.43. The summed E-state index contributed by atoms with van der Waals surface area (Å²) in [5.74, 6) is 0. The molecule has 2 rings (SSSR count). The zero-order chi connectivity index (χ0) is 11.1. The lowest BCUT2D eigenvalue weighted by Crippen LogP contribution is -2.29. The van der Waals surface area contributed by atoms with Gasteiger partial charge in [-0.25, -0.2) is 0 Å². The van der Waals surface area contributed by atoms with Crippen LogP contribution in [0, 0.1) is 6.92 Å². The first-order chi connectivity index (χ1) is 7.00. The zero-order valence-corrected chi connectivity index (χ0v) is 10.6. The quantitative estimate of drug-likeness (QED) is 0.850. The van der Waals surface area contributed by atoms with Gasteiger partial charge in [-0.15, -0.1) is 0 Å². The maximum absolute atomic E-state index is 11.6. The van der Waals surface area contributed by atoms with Gasteiger partial charge in [0.25, 0.3) is 0 Å². The Hall–Kier alpha value is -0.590. The van der Waals surface area contributed by atoms with Gasteiger partial charge in [0.05, 0.1) is 5.69 Å². The Bertz CT molecular complexity index is 487. The maximum atomic E-state index is 11.6. The summed E-state index contributed by atoms with van der Waals surface area (Å²) < 4.78 is 27.8. The molecule has 1 aromatic carbocycles. The fourth-order valence-electron chi connectivity index (χ4n) is 1.54. The highest BCUT2D eigenvalue weighted by Gasteiger charge is 2.28. The number of aryl methyl sites for hydroxylation is 1. The predicted octanol–water partition coefficient (Wildman–Crippen LogP) is 1.41. The standard InChI is InChI=1S/C9H11BrN2O2S/c1-7-2-3-9(8(10)6-7)12-5-4-11-15(12,13)14/h2-3,6,11H,4-5H2,1H3. The first-order valence-corrected chi connectivity index (χ1v) is 6.77. The summed E-state index contributed by atoms with van der Waals surface area (Å²) in [4.78, 5) is 0. The fourth-order valence-corrected chi connectivity index (χ4v) is 3.62. The molecule has 0 atom stereocenters. The van der Waals surface area contributed by atoms with Crippen LogP contribution < -0.4 is 9.03 Å². The van der Waals surface area contributed by atoms with Crippen molar-refractivity contribution in [2.75, 3.05) is 17.4 Å². The van der Waals surface area contributed by atoms with Crippen LogP contribution >= 0.6 is 15.9 Å². The summed E-state index contributed by atoms with van der Waals surface area (Å²) in [5, 5.41) is 0. The lowest BCUT2D eigenvalue weighted by Gasteiger charge is -2.17. The first kappa shape index (κ1) is 10.9. The number of benzene rings is 1. The van der Waals surface area contributed by atoms with Crippen molar-refractivity contribution < 1.29 is 8.42 Å². The van der Waals surface area contributed by atoms with Crippen LogP contribution in [-0.4, -0.2) is 21.5 Å². The monoisotopic (exact) mass is 290 g/mol. The number of nitrogens with one attached hydrogen (secondary N) is 1. The molecule has 1 fully saturated rings. The average Bonchev–Trinajstić information content (AvgIpc) is 2.46. The van der Waals surface area contributed by atoms with E-state index in [1.165, 1.54) is 4.31 Å². The third-order valence-electron chi connectivity index (χ3n) is 2.26. The molecule has 4 nitrogen and oxygen atoms in total. The maximum Gasteiger partial charge on any atom is 0.301 e. The summed E-state index contributed by atoms with van der Waals surface area (Å²) >= 11 is 3.37. The van der Waals surface area contributed by atoms with Crippen LogP contribution in [0.3, 0.4) is 0 Å². The molecule has 1 heterocycles. The zero-order valence-electron chi connectivity index (χ0n) is 8.20. The molecule has 0 aliphatic carbocycles. The molecule has 1 N–H and O–H groups in total. The summed E-state index contributed by atoms with van der Waals surface area (Å²) in [5.41, 5.74) is 1.78. The molecule has 82 valence electrons. The predicted molar refractivity (Wildman–Crippen MR) is 63.1 cm³/mol. The number of hydrogen-bond acceptors (Lipinski definition) is 2. The van der Waals surface area contributed by atoms with Crippen LogP contribution in [0.15, 0.2) is 22.7 Å². The van der Waals surface area contributed by atoms with Gasteiger partial charge in [-0.3, -0.25) is 4.31 Å². The summed E-state index contributed by atoms with van der Waals surface area (Å²) in [6.07, 6.45) is 0. The summed E-state index contributed by atoms with van der Waals surface area (Å²) in [6.45, 7) is 2.90. The molecule has 0 amide bonds. The number of anilines is 1. The van der Waals surface area contributed by atoms with Gasteiger partial charge in [0.15, 0.2) is 0 Å². The van der Waals surface area contributed by atoms with Gasteiger partial charge in [-0.05, 0) is 40.5 Å². The van der Waals surface area contributed by atoms with E-state index < -0.39 is 10.2 Å². The molecular formula is C9H11BrN2O2S. The second-order valence-corrected chi connectivity index (χ2v) is 5.96. The fraction of sp³-hybridized carbons (Fsp3) is 0.333. The van der Waals surface area contributed by atoms with E-state index in [0.717, 1.165) is 10.0 Å². The van der Waals surface area contributed by atoms with Crippen molar-refractivity contribution in [1.82, 2.24) is 4.72 Å². The molecule has 15 heavy (non-hydrogen) atoms. The highest BCUT2D eigenvalue weighted by Crippen LogP contribution is 2.29. The number of hydrogen-bond donors (Lipinski definition) is 1. The van der Waals surface area contributed by atoms with Crippen molar-refractivity contribution in [1.29, 1.82) is 0 Å². The lowest BCUT2D eigenvalue weighted by atomic mass is 10.2. The molecule has 0 spiro atoms. The average molecular weight is 291 g/mol. The van der Waals surface area contributed by atoms with Gasteiger partial charge >= 0.3 is 10.2 Å². The Morgan fingerprint density at radius 2 is 2.20 bits per heavy atom. The van der Waals surface area contributed by atoms with Gasteiger partial charge in [-0.2, -0.15) is 13.1 Å². The molecule has 0 unspecified atom stereocenters. The Morgan fingerprint density at radius 3 is 2.73 bits per heavy atom. The molecule has 6 heteroatoms. The molecule has 0 radical (unpaired) electrons. The van der Waals surface area contributed by atoms with E-state index >= 15 is 0 Å². The van der Waals surface area contributed by atoms with E-state index in [1.54, 1.807) is 0 Å². The molecule has 1 aromatic rings. The highest BCUT2D eigenvalue weighted by molar-refractivity contribution is 9.10. The van der Waals surface area contributed by atoms with Gasteiger partial charge in [0.2, 0.25) is 0 Å². The van der Waals surface area contributed by atoms with Crippen LogP contribution in [0.25, 0.3) is 0 Å². The van der Waals surface area contributed by atoms with E-state index in [-0.39, 0.29) is 0 Å². The van der Waals surface area contributed by atoms with E-state index in [2.05, 4.69) is 20.7 Å². The van der Waals surface area contributed by atoms with Crippen LogP contribution in [0.4, 0.5) is 5.69 Å². The van der Waals surface area contributed by atoms with E-state index in [4.69, 9.17) is 0 Å². The molecule has 1 saturated heterocycles. The van der Waals surface area contributed by atoms with Crippen molar-refractivity contribution in [3.8, 4) is 0 Å². The Balaban J connectivity index is 2.46. The van der Waals surface area contributed by atoms with E-state index in [1.807, 2.05) is 25.1 Å². The van der Waals surface area contributed by atoms with E-state index in [0.29, 0.717) is 18.8 Å². The molecule has 0 saturated carbocycles. The Labute approximate surface area is 97.6 Å². The van der Waals surface area contributed by atoms with Crippen LogP contribution in [0.5, 0.6) is 0 Å². The largest absolute Gasteiger partial charge is 0.301 e. The van der Waals surface area contributed by atoms with Crippen LogP contribution in [0.1, 0.15) is 5.56 Å². The van der Waals surface area contributed by atoms with Crippen molar-refractivity contribution in [2.45, 2.75) is 6.92 Å². The first-order valence-electron chi connectivity index (χ1n) is 4.54. The van der Waals surface area contributed by atoms with Crippen molar-refractivity contribution in [3.63, 3.8) is 0 Å². The molecular weight excluding hydrogens is 280 g/mol. The second-order valence-electron chi connectivity index (χ2n) is 3.43. The minimum absolute atomic E-state index is 0.461. The lowest BCUT2D eigenvalue weighted by molar-refractivity contribution is 0.591. The SMILES string of the molecule is Cc1ccc(N2CCNS2(=O)=O)c(Br)c1. The molecule has 1 aliphatic rings. The van der Waals surface area contributed by atoms with Crippen LogP contribution in [0.2, 0.25) is 0 Å². The van der Waals surface area contributed by atoms with Gasteiger partial charge in [-0.1, -0.05) is 6.07 Å². The van der Waals surface area contributed by atoms with Gasteiger partial charge < -0.3 is 0 Å². The molecule has 0 bridgehead atoms. The van der Waals surface area contributed by atoms with Crippen molar-refractivity contribution >= 4 is 31.8 Å². The number of nitrogens with zero attached hydrogens (tertiary/aromatic N) is 1. The Kier molecular flexibility index (Phi) is 2.74. The number of halogens is 1. The van der Waals surface area contributed by atoms with E-state index in [9.17, 15) is 8.42 Å². The van der Waals surface area contributed by atoms with Crippen molar-refractivity contribution in [3.05, 3.63) is 28.2 Å². The Morgan fingerprint density at radius 1 is 1.47 bits per heavy atom. The highest BCUT2D eigenvalue weighted by atomic mass is 79.9. The molecule has 0 aromatic heterocycles. The summed E-state index contributed by atoms with van der Waals surface area (Å²) in [7, 11) is -3.32. The van der Waals surface area contributed by atoms with Gasteiger partial charge in [0, 0.05) is 17.6 Å². The summed E-state index contributed by atoms with van der Waals surface area (Å²) in [6, 6.07) is 5.61.